The summed E-state index contributed by atoms with van der Waals surface area (Å²) in [7, 11) is 0. The number of primary amides is 2. The number of nitrogens with two attached hydrogens (primary N) is 2. The van der Waals surface area contributed by atoms with Gasteiger partial charge in [0, 0.05) is 0 Å². The average molecular weight is 238 g/mol. The van der Waals surface area contributed by atoms with E-state index in [1.807, 2.05) is 20.8 Å². The molecule has 0 bridgehead atoms. The highest BCUT2D eigenvalue weighted by atomic mass is 19.1. The van der Waals surface area contributed by atoms with E-state index in [1.54, 1.807) is 0 Å². The van der Waals surface area contributed by atoms with Crippen LogP contribution in [0.25, 0.3) is 0 Å². The van der Waals surface area contributed by atoms with Crippen LogP contribution < -0.4 is 11.5 Å². The van der Waals surface area contributed by atoms with Gasteiger partial charge in [-0.25, -0.2) is 4.39 Å². The van der Waals surface area contributed by atoms with Gasteiger partial charge in [-0.3, -0.25) is 9.59 Å². The lowest BCUT2D eigenvalue weighted by Crippen LogP contribution is -2.22. The molecule has 4 nitrogen and oxygen atoms in total. The van der Waals surface area contributed by atoms with Crippen molar-refractivity contribution in [3.8, 4) is 0 Å². The normalized spacial score (nSPS) is 11.3. The lowest BCUT2D eigenvalue weighted by molar-refractivity contribution is 0.0994. The monoisotopic (exact) mass is 238 g/mol. The molecule has 0 saturated carbocycles. The van der Waals surface area contributed by atoms with Crippen molar-refractivity contribution in [2.45, 2.75) is 26.2 Å². The van der Waals surface area contributed by atoms with Gasteiger partial charge in [0.2, 0.25) is 0 Å². The van der Waals surface area contributed by atoms with Crippen molar-refractivity contribution in [3.63, 3.8) is 0 Å². The summed E-state index contributed by atoms with van der Waals surface area (Å²) in [5, 5.41) is 0. The average Bonchev–Trinajstić information content (AvgIpc) is 2.14. The van der Waals surface area contributed by atoms with E-state index >= 15 is 0 Å². The highest BCUT2D eigenvalue weighted by Crippen LogP contribution is 2.26. The number of halogens is 1. The molecule has 0 saturated heterocycles. The Kier molecular flexibility index (Phi) is 3.22. The minimum atomic E-state index is -0.960. The van der Waals surface area contributed by atoms with Gasteiger partial charge in [-0.1, -0.05) is 20.8 Å². The van der Waals surface area contributed by atoms with Gasteiger partial charge in [-0.05, 0) is 23.1 Å². The molecule has 5 heteroatoms. The maximum atomic E-state index is 13.7. The summed E-state index contributed by atoms with van der Waals surface area (Å²) in [5.74, 6) is -2.80. The van der Waals surface area contributed by atoms with Crippen molar-refractivity contribution in [1.29, 1.82) is 0 Å². The van der Waals surface area contributed by atoms with E-state index in [1.165, 1.54) is 12.1 Å². The summed E-state index contributed by atoms with van der Waals surface area (Å²) < 4.78 is 13.7. The smallest absolute Gasteiger partial charge is 0.251 e. The fourth-order valence-corrected chi connectivity index (χ4v) is 1.42. The summed E-state index contributed by atoms with van der Waals surface area (Å²) in [5.41, 5.74) is 9.78. The van der Waals surface area contributed by atoms with E-state index in [0.717, 1.165) is 0 Å². The van der Waals surface area contributed by atoms with Gasteiger partial charge >= 0.3 is 0 Å². The number of hydrogen-bond donors (Lipinski definition) is 2. The number of hydrogen-bond acceptors (Lipinski definition) is 2. The number of rotatable bonds is 2. The summed E-state index contributed by atoms with van der Waals surface area (Å²) >= 11 is 0. The molecule has 0 aliphatic rings. The van der Waals surface area contributed by atoms with Crippen LogP contribution in [0.1, 0.15) is 47.1 Å². The fourth-order valence-electron chi connectivity index (χ4n) is 1.42. The van der Waals surface area contributed by atoms with Crippen LogP contribution in [0.2, 0.25) is 0 Å². The Morgan fingerprint density at radius 2 is 1.41 bits per heavy atom. The highest BCUT2D eigenvalue weighted by molar-refractivity contribution is 5.99. The minimum absolute atomic E-state index is 0.314. The van der Waals surface area contributed by atoms with Crippen molar-refractivity contribution >= 4 is 11.8 Å². The van der Waals surface area contributed by atoms with Gasteiger partial charge in [0.1, 0.15) is 5.82 Å². The molecule has 1 aromatic carbocycles. The fraction of sp³-hybridized carbons (Fsp3) is 0.333. The van der Waals surface area contributed by atoms with Crippen LogP contribution in [0.3, 0.4) is 0 Å². The van der Waals surface area contributed by atoms with Crippen LogP contribution >= 0.6 is 0 Å². The van der Waals surface area contributed by atoms with E-state index in [2.05, 4.69) is 0 Å². The van der Waals surface area contributed by atoms with E-state index in [4.69, 9.17) is 11.5 Å². The Bertz CT molecular complexity index is 455. The van der Waals surface area contributed by atoms with Crippen molar-refractivity contribution in [3.05, 3.63) is 34.6 Å². The standard InChI is InChI=1S/C12H15FN2O2/c1-12(2,3)6-4-7(10(14)16)9(13)8(5-6)11(15)17/h4-5H,1-3H3,(H2,14,16)(H2,15,17). The molecule has 0 aromatic heterocycles. The quantitative estimate of drug-likeness (QED) is 0.814. The summed E-state index contributed by atoms with van der Waals surface area (Å²) in [4.78, 5) is 22.2. The van der Waals surface area contributed by atoms with E-state index in [-0.39, 0.29) is 16.5 Å². The van der Waals surface area contributed by atoms with Gasteiger partial charge in [0.15, 0.2) is 0 Å². The van der Waals surface area contributed by atoms with Crippen LogP contribution in [0.4, 0.5) is 4.39 Å². The van der Waals surface area contributed by atoms with Crippen LogP contribution in [0.15, 0.2) is 12.1 Å². The molecular formula is C12H15FN2O2. The van der Waals surface area contributed by atoms with Crippen molar-refractivity contribution in [2.24, 2.45) is 11.5 Å². The molecule has 4 N–H and O–H groups in total. The Balaban J connectivity index is 3.59. The second-order valence-corrected chi connectivity index (χ2v) is 4.86. The lowest BCUT2D eigenvalue weighted by atomic mass is 9.84. The molecule has 0 fully saturated rings. The topological polar surface area (TPSA) is 86.2 Å². The lowest BCUT2D eigenvalue weighted by Gasteiger charge is -2.20. The van der Waals surface area contributed by atoms with Gasteiger partial charge < -0.3 is 11.5 Å². The Hall–Kier alpha value is -1.91. The third-order valence-electron chi connectivity index (χ3n) is 2.47. The Morgan fingerprint density at radius 3 is 1.65 bits per heavy atom. The molecule has 0 heterocycles. The molecule has 0 radical (unpaired) electrons. The van der Waals surface area contributed by atoms with Crippen LogP contribution in [0, 0.1) is 5.82 Å². The molecular weight excluding hydrogens is 223 g/mol. The van der Waals surface area contributed by atoms with Crippen molar-refractivity contribution in [2.75, 3.05) is 0 Å². The largest absolute Gasteiger partial charge is 0.366 e. The summed E-state index contributed by atoms with van der Waals surface area (Å²) in [6.07, 6.45) is 0. The van der Waals surface area contributed by atoms with Crippen LogP contribution in [0.5, 0.6) is 0 Å². The minimum Gasteiger partial charge on any atom is -0.366 e. The SMILES string of the molecule is CC(C)(C)c1cc(C(N)=O)c(F)c(C(N)=O)c1. The number of benzene rings is 1. The number of carbonyl (C=O) groups is 2. The van der Waals surface area contributed by atoms with Crippen LogP contribution in [-0.4, -0.2) is 11.8 Å². The summed E-state index contributed by atoms with van der Waals surface area (Å²) in [6, 6.07) is 2.70. The second kappa shape index (κ2) is 4.16. The highest BCUT2D eigenvalue weighted by Gasteiger charge is 2.23. The van der Waals surface area contributed by atoms with Gasteiger partial charge in [-0.2, -0.15) is 0 Å². The third kappa shape index (κ3) is 2.61. The molecule has 0 aliphatic carbocycles. The predicted octanol–water partition coefficient (Wildman–Crippen LogP) is 1.32. The first-order chi connectivity index (χ1) is 7.64. The van der Waals surface area contributed by atoms with E-state index in [9.17, 15) is 14.0 Å². The van der Waals surface area contributed by atoms with Gasteiger partial charge in [0.25, 0.3) is 11.8 Å². The molecule has 1 aromatic rings. The predicted molar refractivity (Wildman–Crippen MR) is 62.1 cm³/mol. The third-order valence-corrected chi connectivity index (χ3v) is 2.47. The molecule has 0 spiro atoms. The first-order valence-electron chi connectivity index (χ1n) is 5.08. The zero-order valence-corrected chi connectivity index (χ0v) is 10.0. The summed E-state index contributed by atoms with van der Waals surface area (Å²) in [6.45, 7) is 5.61. The van der Waals surface area contributed by atoms with Crippen LogP contribution in [-0.2, 0) is 5.41 Å². The van der Waals surface area contributed by atoms with Crippen molar-refractivity contribution < 1.29 is 14.0 Å². The number of carbonyl (C=O) groups excluding carboxylic acids is 2. The second-order valence-electron chi connectivity index (χ2n) is 4.86. The molecule has 1 rings (SSSR count). The molecule has 0 aliphatic heterocycles. The Labute approximate surface area is 98.8 Å². The van der Waals surface area contributed by atoms with E-state index in [0.29, 0.717) is 5.56 Å². The molecule has 0 unspecified atom stereocenters. The van der Waals surface area contributed by atoms with Crippen molar-refractivity contribution in [1.82, 2.24) is 0 Å². The zero-order valence-electron chi connectivity index (χ0n) is 10.0. The Morgan fingerprint density at radius 1 is 1.06 bits per heavy atom. The maximum absolute atomic E-state index is 13.7. The molecule has 0 atom stereocenters. The first kappa shape index (κ1) is 13.2. The number of amides is 2. The van der Waals surface area contributed by atoms with E-state index < -0.39 is 17.6 Å². The molecule has 17 heavy (non-hydrogen) atoms. The maximum Gasteiger partial charge on any atom is 0.251 e. The molecule has 2 amide bonds. The zero-order chi connectivity index (χ0) is 13.4. The van der Waals surface area contributed by atoms with Gasteiger partial charge in [0.05, 0.1) is 11.1 Å². The van der Waals surface area contributed by atoms with Gasteiger partial charge in [-0.15, -0.1) is 0 Å². The molecule has 92 valence electrons. The first-order valence-corrected chi connectivity index (χ1v) is 5.08.